The normalized spacial score (nSPS) is 11.7. The van der Waals surface area contributed by atoms with Crippen LogP contribution < -0.4 is 15.5 Å². The Kier molecular flexibility index (Phi) is 7.14. The lowest BCUT2D eigenvalue weighted by atomic mass is 10.00. The van der Waals surface area contributed by atoms with Crippen LogP contribution in [0.25, 0.3) is 10.8 Å². The van der Waals surface area contributed by atoms with E-state index in [0.717, 1.165) is 16.3 Å². The maximum Gasteiger partial charge on any atom is 0.251 e. The minimum Gasteiger partial charge on any atom is -0.497 e. The van der Waals surface area contributed by atoms with Gasteiger partial charge in [0.05, 0.1) is 32.3 Å². The van der Waals surface area contributed by atoms with Gasteiger partial charge in [0.15, 0.2) is 0 Å². The number of nitrogens with zero attached hydrogens (tertiary/aromatic N) is 3. The number of aromatic nitrogens is 3. The molecule has 0 radical (unpaired) electrons. The largest absolute Gasteiger partial charge is 0.497 e. The molecule has 1 aromatic heterocycles. The minimum atomic E-state index is -0.518. The summed E-state index contributed by atoms with van der Waals surface area (Å²) in [5.74, 6) is -0.0934. The number of hydrogen-bond donors (Lipinski definition) is 3. The lowest BCUT2D eigenvalue weighted by Gasteiger charge is -2.16. The number of hydroxylamine groups is 1. The first kappa shape index (κ1) is 22.9. The molecule has 1 unspecified atom stereocenters. The van der Waals surface area contributed by atoms with E-state index in [1.165, 1.54) is 0 Å². The molecular weight excluding hydrogens is 434 g/mol. The van der Waals surface area contributed by atoms with Crippen molar-refractivity contribution in [2.75, 3.05) is 7.11 Å². The van der Waals surface area contributed by atoms with E-state index in [9.17, 15) is 9.59 Å². The summed E-state index contributed by atoms with van der Waals surface area (Å²) in [6.45, 7) is 0.180. The summed E-state index contributed by atoms with van der Waals surface area (Å²) in [6.07, 6.45) is 2.23. The molecule has 1 atom stereocenters. The molecular formula is C25H25N5O4. The Morgan fingerprint density at radius 1 is 1.06 bits per heavy atom. The smallest absolute Gasteiger partial charge is 0.251 e. The molecule has 0 saturated heterocycles. The Morgan fingerprint density at radius 3 is 2.56 bits per heavy atom. The van der Waals surface area contributed by atoms with E-state index in [-0.39, 0.29) is 24.9 Å². The third kappa shape index (κ3) is 5.57. The molecule has 0 saturated carbocycles. The Balaban J connectivity index is 1.45. The molecule has 4 aromatic rings. The van der Waals surface area contributed by atoms with Crippen LogP contribution in [0.5, 0.6) is 5.75 Å². The highest BCUT2D eigenvalue weighted by atomic mass is 16.5. The second-order valence-electron chi connectivity index (χ2n) is 7.88. The first-order chi connectivity index (χ1) is 16.6. The summed E-state index contributed by atoms with van der Waals surface area (Å²) in [4.78, 5) is 24.3. The summed E-state index contributed by atoms with van der Waals surface area (Å²) < 4.78 is 6.70. The number of amides is 2. The van der Waals surface area contributed by atoms with Crippen molar-refractivity contribution in [3.05, 3.63) is 89.7 Å². The third-order valence-electron chi connectivity index (χ3n) is 5.55. The van der Waals surface area contributed by atoms with Gasteiger partial charge in [-0.15, -0.1) is 5.10 Å². The van der Waals surface area contributed by atoms with Crippen molar-refractivity contribution in [3.63, 3.8) is 0 Å². The van der Waals surface area contributed by atoms with Crippen LogP contribution in [0.15, 0.2) is 72.9 Å². The van der Waals surface area contributed by atoms with Crippen LogP contribution in [0, 0.1) is 0 Å². The van der Waals surface area contributed by atoms with Crippen molar-refractivity contribution in [2.24, 2.45) is 0 Å². The summed E-state index contributed by atoms with van der Waals surface area (Å²) >= 11 is 0. The van der Waals surface area contributed by atoms with Gasteiger partial charge in [0.25, 0.3) is 5.91 Å². The Labute approximate surface area is 196 Å². The van der Waals surface area contributed by atoms with Gasteiger partial charge in [0.2, 0.25) is 5.91 Å². The highest BCUT2D eigenvalue weighted by Gasteiger charge is 2.19. The van der Waals surface area contributed by atoms with Crippen LogP contribution in [-0.2, 0) is 17.8 Å². The summed E-state index contributed by atoms with van der Waals surface area (Å²) in [7, 11) is 1.57. The number of fused-ring (bicyclic) bond motifs is 1. The Hall–Kier alpha value is -4.24. The molecule has 3 aromatic carbocycles. The zero-order valence-electron chi connectivity index (χ0n) is 18.6. The van der Waals surface area contributed by atoms with Crippen LogP contribution in [0.4, 0.5) is 0 Å². The molecule has 2 amide bonds. The first-order valence-electron chi connectivity index (χ1n) is 10.8. The molecule has 174 valence electrons. The van der Waals surface area contributed by atoms with E-state index in [2.05, 4.69) is 21.7 Å². The first-order valence-corrected chi connectivity index (χ1v) is 10.8. The fourth-order valence-corrected chi connectivity index (χ4v) is 3.74. The second-order valence-corrected chi connectivity index (χ2v) is 7.88. The van der Waals surface area contributed by atoms with Gasteiger partial charge in [0, 0.05) is 5.56 Å². The summed E-state index contributed by atoms with van der Waals surface area (Å²) in [5.41, 5.74) is 3.77. The standard InChI is InChI=1S/C25H25N5O4/c1-34-23-10-8-19(9-11-23)25(32)26-15-21-16-30(29-27-21)22(14-24(31)28-33)13-17-6-7-18-4-2-3-5-20(18)12-17/h2-12,16,22,33H,13-15H2,1H3,(H,26,32)(H,28,31). The van der Waals surface area contributed by atoms with Gasteiger partial charge in [-0.1, -0.05) is 47.7 Å². The topological polar surface area (TPSA) is 118 Å². The molecule has 9 heteroatoms. The zero-order chi connectivity index (χ0) is 23.9. The van der Waals surface area contributed by atoms with Gasteiger partial charge in [-0.3, -0.25) is 14.8 Å². The molecule has 0 aliphatic heterocycles. The van der Waals surface area contributed by atoms with Crippen LogP contribution in [0.1, 0.15) is 34.1 Å². The average Bonchev–Trinajstić information content (AvgIpc) is 3.36. The number of rotatable bonds is 9. The number of hydrogen-bond acceptors (Lipinski definition) is 6. The number of methoxy groups -OCH3 is 1. The number of nitrogens with one attached hydrogen (secondary N) is 2. The van der Waals surface area contributed by atoms with Crippen LogP contribution in [-0.4, -0.2) is 39.1 Å². The van der Waals surface area contributed by atoms with E-state index in [1.807, 2.05) is 36.4 Å². The van der Waals surface area contributed by atoms with Crippen molar-refractivity contribution >= 4 is 22.6 Å². The van der Waals surface area contributed by atoms with Crippen LogP contribution in [0.3, 0.4) is 0 Å². The second kappa shape index (κ2) is 10.6. The maximum atomic E-state index is 12.4. The van der Waals surface area contributed by atoms with Gasteiger partial charge in [-0.25, -0.2) is 10.2 Å². The van der Waals surface area contributed by atoms with E-state index in [0.29, 0.717) is 23.4 Å². The molecule has 0 fully saturated rings. The van der Waals surface area contributed by atoms with Gasteiger partial charge >= 0.3 is 0 Å². The molecule has 0 bridgehead atoms. The minimum absolute atomic E-state index is 0.0182. The van der Waals surface area contributed by atoms with Crippen molar-refractivity contribution in [3.8, 4) is 5.75 Å². The summed E-state index contributed by atoms with van der Waals surface area (Å²) in [6, 6.07) is 20.6. The molecule has 3 N–H and O–H groups in total. The van der Waals surface area contributed by atoms with Gasteiger partial charge < -0.3 is 10.1 Å². The molecule has 0 spiro atoms. The quantitative estimate of drug-likeness (QED) is 0.262. The Morgan fingerprint density at radius 2 is 1.82 bits per heavy atom. The van der Waals surface area contributed by atoms with Crippen molar-refractivity contribution < 1.29 is 19.5 Å². The van der Waals surface area contributed by atoms with Crippen LogP contribution in [0.2, 0.25) is 0 Å². The van der Waals surface area contributed by atoms with Gasteiger partial charge in [0.1, 0.15) is 11.4 Å². The highest BCUT2D eigenvalue weighted by Crippen LogP contribution is 2.22. The zero-order valence-corrected chi connectivity index (χ0v) is 18.6. The SMILES string of the molecule is COc1ccc(C(=O)NCc2cn(C(CC(=O)NO)Cc3ccc4ccccc4c3)nn2)cc1. The molecule has 0 aliphatic carbocycles. The van der Waals surface area contributed by atoms with Crippen molar-refractivity contribution in [2.45, 2.75) is 25.4 Å². The highest BCUT2D eigenvalue weighted by molar-refractivity contribution is 5.94. The average molecular weight is 460 g/mol. The molecule has 9 nitrogen and oxygen atoms in total. The summed E-state index contributed by atoms with van der Waals surface area (Å²) in [5, 5.41) is 22.4. The van der Waals surface area contributed by atoms with Gasteiger partial charge in [-0.05, 0) is 47.0 Å². The number of benzene rings is 3. The third-order valence-corrected chi connectivity index (χ3v) is 5.55. The van der Waals surface area contributed by atoms with Gasteiger partial charge in [-0.2, -0.15) is 0 Å². The van der Waals surface area contributed by atoms with E-state index < -0.39 is 5.91 Å². The Bertz CT molecular complexity index is 1290. The van der Waals surface area contributed by atoms with E-state index in [4.69, 9.17) is 9.94 Å². The predicted octanol–water partition coefficient (Wildman–Crippen LogP) is 3.05. The van der Waals surface area contributed by atoms with Crippen molar-refractivity contribution in [1.82, 2.24) is 25.8 Å². The van der Waals surface area contributed by atoms with E-state index >= 15 is 0 Å². The molecule has 1 heterocycles. The predicted molar refractivity (Wildman–Crippen MR) is 125 cm³/mol. The van der Waals surface area contributed by atoms with E-state index in [1.54, 1.807) is 47.7 Å². The lowest BCUT2D eigenvalue weighted by molar-refractivity contribution is -0.130. The maximum absolute atomic E-state index is 12.4. The monoisotopic (exact) mass is 459 g/mol. The number of carbonyl (C=O) groups is 2. The number of ether oxygens (including phenoxy) is 1. The lowest BCUT2D eigenvalue weighted by Crippen LogP contribution is -2.25. The number of carbonyl (C=O) groups excluding carboxylic acids is 2. The van der Waals surface area contributed by atoms with Crippen LogP contribution >= 0.6 is 0 Å². The fourth-order valence-electron chi connectivity index (χ4n) is 3.74. The van der Waals surface area contributed by atoms with Crippen molar-refractivity contribution in [1.29, 1.82) is 0 Å². The molecule has 0 aliphatic rings. The fraction of sp³-hybridized carbons (Fsp3) is 0.200. The molecule has 34 heavy (non-hydrogen) atoms. The molecule has 4 rings (SSSR count).